The van der Waals surface area contributed by atoms with E-state index in [9.17, 15) is 0 Å². The summed E-state index contributed by atoms with van der Waals surface area (Å²) in [5.74, 6) is 0. The van der Waals surface area contributed by atoms with E-state index in [-0.39, 0.29) is 6.61 Å². The lowest BCUT2D eigenvalue weighted by Gasteiger charge is -2.00. The molecule has 18 heavy (non-hydrogen) atoms. The van der Waals surface area contributed by atoms with Gasteiger partial charge in [0.05, 0.1) is 18.7 Å². The van der Waals surface area contributed by atoms with E-state index in [0.29, 0.717) is 12.1 Å². The predicted octanol–water partition coefficient (Wildman–Crippen LogP) is 2.78. The zero-order chi connectivity index (χ0) is 12.4. The molecule has 0 aromatic heterocycles. The highest BCUT2D eigenvalue weighted by atomic mass is 16.3. The van der Waals surface area contributed by atoms with Crippen molar-refractivity contribution in [1.82, 2.24) is 4.90 Å². The standard InChI is InChI=1S/C16H17NO/c18-12-11-17-15(13-7-3-1-4-8-13)16(17)14-9-5-2-6-10-14/h1-10,15-16,18H,11-12H2. The lowest BCUT2D eigenvalue weighted by Crippen LogP contribution is -2.05. The third-order valence-electron chi connectivity index (χ3n) is 3.56. The fourth-order valence-corrected chi connectivity index (χ4v) is 2.72. The summed E-state index contributed by atoms with van der Waals surface area (Å²) in [5.41, 5.74) is 2.67. The van der Waals surface area contributed by atoms with E-state index in [4.69, 9.17) is 5.11 Å². The van der Waals surface area contributed by atoms with Gasteiger partial charge in [0.2, 0.25) is 0 Å². The van der Waals surface area contributed by atoms with E-state index in [1.807, 2.05) is 12.1 Å². The zero-order valence-corrected chi connectivity index (χ0v) is 10.2. The van der Waals surface area contributed by atoms with Crippen LogP contribution in [0, 0.1) is 0 Å². The van der Waals surface area contributed by atoms with E-state index in [1.165, 1.54) is 11.1 Å². The molecule has 1 aliphatic heterocycles. The van der Waals surface area contributed by atoms with Crippen LogP contribution in [-0.2, 0) is 0 Å². The minimum absolute atomic E-state index is 0.215. The average molecular weight is 239 g/mol. The van der Waals surface area contributed by atoms with Gasteiger partial charge >= 0.3 is 0 Å². The van der Waals surface area contributed by atoms with Gasteiger partial charge in [-0.1, -0.05) is 60.7 Å². The SMILES string of the molecule is OCCN1C(c2ccccc2)C1c1ccccc1. The summed E-state index contributed by atoms with van der Waals surface area (Å²) in [6.45, 7) is 0.950. The fourth-order valence-electron chi connectivity index (χ4n) is 2.72. The molecule has 1 saturated heterocycles. The van der Waals surface area contributed by atoms with Crippen LogP contribution < -0.4 is 0 Å². The summed E-state index contributed by atoms with van der Waals surface area (Å²) < 4.78 is 0. The van der Waals surface area contributed by atoms with Crippen molar-refractivity contribution in [2.24, 2.45) is 0 Å². The molecular formula is C16H17NO. The summed E-state index contributed by atoms with van der Waals surface area (Å²) in [6, 6.07) is 21.9. The van der Waals surface area contributed by atoms with Gasteiger partial charge in [-0.05, 0) is 11.1 Å². The lowest BCUT2D eigenvalue weighted by molar-refractivity contribution is 0.260. The molecule has 0 radical (unpaired) electrons. The topological polar surface area (TPSA) is 23.2 Å². The number of nitrogens with zero attached hydrogens (tertiary/aromatic N) is 1. The van der Waals surface area contributed by atoms with Crippen LogP contribution >= 0.6 is 0 Å². The number of aliphatic hydroxyl groups is 1. The van der Waals surface area contributed by atoms with Gasteiger partial charge in [0.15, 0.2) is 0 Å². The molecule has 2 aromatic rings. The normalized spacial score (nSPS) is 25.9. The molecule has 2 heteroatoms. The first-order valence-electron chi connectivity index (χ1n) is 6.38. The Morgan fingerprint density at radius 3 is 1.61 bits per heavy atom. The number of hydrogen-bond acceptors (Lipinski definition) is 2. The quantitative estimate of drug-likeness (QED) is 0.829. The van der Waals surface area contributed by atoms with Crippen molar-refractivity contribution in [2.75, 3.05) is 13.2 Å². The van der Waals surface area contributed by atoms with Crippen LogP contribution in [0.4, 0.5) is 0 Å². The zero-order valence-electron chi connectivity index (χ0n) is 10.2. The summed E-state index contributed by atoms with van der Waals surface area (Å²) >= 11 is 0. The third kappa shape index (κ3) is 2.05. The van der Waals surface area contributed by atoms with E-state index >= 15 is 0 Å². The van der Waals surface area contributed by atoms with Crippen molar-refractivity contribution in [3.05, 3.63) is 71.8 Å². The van der Waals surface area contributed by atoms with Crippen LogP contribution in [0.1, 0.15) is 23.2 Å². The summed E-state index contributed by atoms with van der Waals surface area (Å²) in [5, 5.41) is 9.16. The highest BCUT2D eigenvalue weighted by molar-refractivity contribution is 5.34. The van der Waals surface area contributed by atoms with Gasteiger partial charge in [-0.3, -0.25) is 4.90 Å². The Balaban J connectivity index is 1.86. The Morgan fingerprint density at radius 2 is 1.22 bits per heavy atom. The molecule has 0 bridgehead atoms. The molecule has 3 rings (SSSR count). The smallest absolute Gasteiger partial charge is 0.0558 e. The Morgan fingerprint density at radius 1 is 0.778 bits per heavy atom. The molecule has 0 spiro atoms. The van der Waals surface area contributed by atoms with Gasteiger partial charge in [0.1, 0.15) is 0 Å². The van der Waals surface area contributed by atoms with Crippen LogP contribution in [0.25, 0.3) is 0 Å². The molecule has 2 atom stereocenters. The van der Waals surface area contributed by atoms with Crippen molar-refractivity contribution in [1.29, 1.82) is 0 Å². The lowest BCUT2D eigenvalue weighted by atomic mass is 10.0. The van der Waals surface area contributed by atoms with Crippen molar-refractivity contribution in [3.8, 4) is 0 Å². The molecule has 1 aliphatic rings. The largest absolute Gasteiger partial charge is 0.395 e. The number of hydrogen-bond donors (Lipinski definition) is 1. The summed E-state index contributed by atoms with van der Waals surface area (Å²) in [6.07, 6.45) is 0. The molecule has 1 N–H and O–H groups in total. The highest BCUT2D eigenvalue weighted by Gasteiger charge is 2.48. The predicted molar refractivity (Wildman–Crippen MR) is 72.2 cm³/mol. The molecule has 92 valence electrons. The van der Waals surface area contributed by atoms with Gasteiger partial charge in [0.25, 0.3) is 0 Å². The van der Waals surface area contributed by atoms with Gasteiger partial charge in [-0.2, -0.15) is 0 Å². The van der Waals surface area contributed by atoms with E-state index in [1.54, 1.807) is 0 Å². The first kappa shape index (κ1) is 11.5. The number of rotatable bonds is 4. The van der Waals surface area contributed by atoms with Crippen LogP contribution in [0.2, 0.25) is 0 Å². The molecule has 2 nitrogen and oxygen atoms in total. The third-order valence-corrected chi connectivity index (χ3v) is 3.56. The molecule has 2 unspecified atom stereocenters. The second-order valence-electron chi connectivity index (χ2n) is 4.67. The van der Waals surface area contributed by atoms with Crippen molar-refractivity contribution in [3.63, 3.8) is 0 Å². The first-order chi connectivity index (χ1) is 8.92. The summed E-state index contributed by atoms with van der Waals surface area (Å²) in [7, 11) is 0. The first-order valence-corrected chi connectivity index (χ1v) is 6.38. The van der Waals surface area contributed by atoms with Gasteiger partial charge in [-0.15, -0.1) is 0 Å². The molecule has 0 saturated carbocycles. The maximum absolute atomic E-state index is 9.16. The maximum atomic E-state index is 9.16. The summed E-state index contributed by atoms with van der Waals surface area (Å²) in [4.78, 5) is 2.34. The van der Waals surface area contributed by atoms with Gasteiger partial charge in [-0.25, -0.2) is 0 Å². The van der Waals surface area contributed by atoms with E-state index in [2.05, 4.69) is 53.4 Å². The van der Waals surface area contributed by atoms with E-state index in [0.717, 1.165) is 6.54 Å². The molecule has 1 heterocycles. The minimum atomic E-state index is 0.215. The van der Waals surface area contributed by atoms with Crippen LogP contribution in [0.3, 0.4) is 0 Å². The van der Waals surface area contributed by atoms with E-state index < -0.39 is 0 Å². The van der Waals surface area contributed by atoms with Crippen LogP contribution in [0.15, 0.2) is 60.7 Å². The molecule has 1 fully saturated rings. The van der Waals surface area contributed by atoms with Crippen LogP contribution in [-0.4, -0.2) is 23.2 Å². The Hall–Kier alpha value is -1.64. The molecule has 0 aliphatic carbocycles. The molecule has 2 aromatic carbocycles. The minimum Gasteiger partial charge on any atom is -0.395 e. The van der Waals surface area contributed by atoms with Gasteiger partial charge in [0, 0.05) is 6.54 Å². The van der Waals surface area contributed by atoms with Crippen molar-refractivity contribution >= 4 is 0 Å². The second kappa shape index (κ2) is 4.92. The fraction of sp³-hybridized carbons (Fsp3) is 0.250. The van der Waals surface area contributed by atoms with Crippen LogP contribution in [0.5, 0.6) is 0 Å². The Kier molecular flexibility index (Phi) is 3.13. The Labute approximate surface area is 107 Å². The highest BCUT2D eigenvalue weighted by Crippen LogP contribution is 2.53. The molecule has 0 amide bonds. The van der Waals surface area contributed by atoms with Crippen molar-refractivity contribution in [2.45, 2.75) is 12.1 Å². The maximum Gasteiger partial charge on any atom is 0.0558 e. The average Bonchev–Trinajstić information content (AvgIpc) is 3.15. The number of β-amino-alcohol motifs (C(OH)–C–C–N with tert-alkyl or cyclic N) is 1. The van der Waals surface area contributed by atoms with Gasteiger partial charge < -0.3 is 5.11 Å². The molecular weight excluding hydrogens is 222 g/mol. The second-order valence-corrected chi connectivity index (χ2v) is 4.67. The number of aliphatic hydroxyl groups excluding tert-OH is 1. The monoisotopic (exact) mass is 239 g/mol. The number of benzene rings is 2. The Bertz CT molecular complexity index is 452. The van der Waals surface area contributed by atoms with Crippen molar-refractivity contribution < 1.29 is 5.11 Å².